The summed E-state index contributed by atoms with van der Waals surface area (Å²) in [6.07, 6.45) is 3.43. The molecule has 0 saturated heterocycles. The predicted octanol–water partition coefficient (Wildman–Crippen LogP) is 2.83. The van der Waals surface area contributed by atoms with Crippen molar-refractivity contribution in [3.8, 4) is 0 Å². The van der Waals surface area contributed by atoms with E-state index in [9.17, 15) is 4.79 Å². The molecule has 0 atom stereocenters. The molecule has 0 radical (unpaired) electrons. The summed E-state index contributed by atoms with van der Waals surface area (Å²) >= 11 is 8.26. The van der Waals surface area contributed by atoms with Gasteiger partial charge in [0.25, 0.3) is 0 Å². The molecule has 0 aliphatic heterocycles. The van der Waals surface area contributed by atoms with Crippen LogP contribution in [0.4, 0.5) is 0 Å². The first-order chi connectivity index (χ1) is 8.60. The average Bonchev–Trinajstić information content (AvgIpc) is 2.72. The van der Waals surface area contributed by atoms with Crippen LogP contribution in [0.3, 0.4) is 0 Å². The topological polar surface area (TPSA) is 65.0 Å². The number of carbonyl (C=O) groups excluding carboxylic acids is 1. The Hall–Kier alpha value is -1.18. The summed E-state index contributed by atoms with van der Waals surface area (Å²) in [4.78, 5) is 24.0. The number of methoxy groups -OCH3 is 1. The Bertz CT molecular complexity index is 571. The van der Waals surface area contributed by atoms with Crippen molar-refractivity contribution in [2.45, 2.75) is 16.4 Å². The van der Waals surface area contributed by atoms with Gasteiger partial charge in [-0.1, -0.05) is 22.9 Å². The van der Waals surface area contributed by atoms with Crippen LogP contribution >= 0.6 is 34.7 Å². The lowest BCUT2D eigenvalue weighted by molar-refractivity contribution is 0.0606. The quantitative estimate of drug-likeness (QED) is 0.641. The van der Waals surface area contributed by atoms with Crippen LogP contribution in [-0.2, 0) is 4.74 Å². The number of aryl methyl sites for hydroxylation is 1. The minimum absolute atomic E-state index is 0.140. The van der Waals surface area contributed by atoms with Crippen LogP contribution in [0.1, 0.15) is 15.2 Å². The minimum atomic E-state index is -0.492. The lowest BCUT2D eigenvalue weighted by Gasteiger charge is -1.95. The van der Waals surface area contributed by atoms with Gasteiger partial charge in [-0.15, -0.1) is 0 Å². The van der Waals surface area contributed by atoms with Crippen molar-refractivity contribution in [3.63, 3.8) is 0 Å². The predicted molar refractivity (Wildman–Crippen MR) is 69.4 cm³/mol. The highest BCUT2D eigenvalue weighted by Crippen LogP contribution is 2.33. The molecule has 2 aromatic heterocycles. The van der Waals surface area contributed by atoms with E-state index in [-0.39, 0.29) is 10.0 Å². The van der Waals surface area contributed by atoms with Gasteiger partial charge in [0, 0.05) is 12.4 Å². The smallest absolute Gasteiger partial charge is 0.351 e. The number of hydrogen-bond acceptors (Lipinski definition) is 7. The van der Waals surface area contributed by atoms with Gasteiger partial charge in [0.2, 0.25) is 0 Å². The van der Waals surface area contributed by atoms with Crippen LogP contribution in [0.2, 0.25) is 5.15 Å². The third kappa shape index (κ3) is 2.98. The van der Waals surface area contributed by atoms with Gasteiger partial charge in [-0.2, -0.15) is 0 Å². The fourth-order valence-corrected chi connectivity index (χ4v) is 3.19. The molecule has 0 amide bonds. The van der Waals surface area contributed by atoms with Crippen molar-refractivity contribution in [2.75, 3.05) is 7.11 Å². The Morgan fingerprint density at radius 3 is 2.72 bits per heavy atom. The molecular weight excluding hydrogens is 294 g/mol. The Kier molecular flexibility index (Phi) is 4.15. The Morgan fingerprint density at radius 1 is 1.44 bits per heavy atom. The number of halogens is 1. The van der Waals surface area contributed by atoms with E-state index in [1.165, 1.54) is 18.9 Å². The van der Waals surface area contributed by atoms with Gasteiger partial charge in [-0.05, 0) is 24.2 Å². The summed E-state index contributed by atoms with van der Waals surface area (Å²) in [5.74, 6) is -0.492. The van der Waals surface area contributed by atoms with Crippen LogP contribution in [0.15, 0.2) is 21.9 Å². The van der Waals surface area contributed by atoms with E-state index in [4.69, 9.17) is 11.6 Å². The SMILES string of the molecule is COC(=O)c1sc(Sc2ncc(C)cn2)nc1Cl. The molecule has 0 aromatic carbocycles. The Labute approximate surface area is 117 Å². The van der Waals surface area contributed by atoms with Crippen molar-refractivity contribution in [3.05, 3.63) is 28.0 Å². The van der Waals surface area contributed by atoms with Gasteiger partial charge < -0.3 is 4.74 Å². The van der Waals surface area contributed by atoms with E-state index in [1.54, 1.807) is 12.4 Å². The molecule has 0 spiro atoms. The van der Waals surface area contributed by atoms with Crippen molar-refractivity contribution in [1.29, 1.82) is 0 Å². The minimum Gasteiger partial charge on any atom is -0.465 e. The number of hydrogen-bond donors (Lipinski definition) is 0. The van der Waals surface area contributed by atoms with E-state index in [2.05, 4.69) is 19.7 Å². The fraction of sp³-hybridized carbons (Fsp3) is 0.200. The maximum atomic E-state index is 11.4. The molecule has 0 bridgehead atoms. The van der Waals surface area contributed by atoms with Crippen LogP contribution in [0.5, 0.6) is 0 Å². The lowest BCUT2D eigenvalue weighted by atomic mass is 10.4. The molecule has 2 aromatic rings. The molecule has 0 aliphatic rings. The molecule has 0 aliphatic carbocycles. The fourth-order valence-electron chi connectivity index (χ4n) is 1.06. The van der Waals surface area contributed by atoms with Crippen molar-refractivity contribution in [2.24, 2.45) is 0 Å². The highest BCUT2D eigenvalue weighted by atomic mass is 35.5. The van der Waals surface area contributed by atoms with Gasteiger partial charge in [0.05, 0.1) is 7.11 Å². The molecule has 0 unspecified atom stereocenters. The highest BCUT2D eigenvalue weighted by molar-refractivity contribution is 8.00. The monoisotopic (exact) mass is 301 g/mol. The second-order valence-corrected chi connectivity index (χ2v) is 5.81. The molecule has 0 saturated carbocycles. The number of nitrogens with zero attached hydrogens (tertiary/aromatic N) is 3. The molecule has 5 nitrogen and oxygen atoms in total. The van der Waals surface area contributed by atoms with E-state index < -0.39 is 5.97 Å². The standard InChI is InChI=1S/C10H8ClN3O2S2/c1-5-3-12-9(13-4-5)18-10-14-7(11)6(17-10)8(15)16-2/h3-4H,1-2H3. The van der Waals surface area contributed by atoms with Crippen LogP contribution in [0.25, 0.3) is 0 Å². The normalized spacial score (nSPS) is 10.4. The van der Waals surface area contributed by atoms with Gasteiger partial charge in [-0.3, -0.25) is 0 Å². The summed E-state index contributed by atoms with van der Waals surface area (Å²) in [6.45, 7) is 1.91. The van der Waals surface area contributed by atoms with E-state index in [1.807, 2.05) is 6.92 Å². The van der Waals surface area contributed by atoms with Crippen LogP contribution in [-0.4, -0.2) is 28.0 Å². The Balaban J connectivity index is 2.20. The molecule has 94 valence electrons. The number of ether oxygens (including phenoxy) is 1. The maximum Gasteiger partial charge on any atom is 0.351 e. The maximum absolute atomic E-state index is 11.4. The second-order valence-electron chi connectivity index (χ2n) is 3.24. The number of rotatable bonds is 3. The zero-order chi connectivity index (χ0) is 13.1. The van der Waals surface area contributed by atoms with E-state index in [0.717, 1.165) is 16.9 Å². The zero-order valence-electron chi connectivity index (χ0n) is 9.51. The third-order valence-corrected chi connectivity index (χ3v) is 4.25. The molecule has 2 heterocycles. The van der Waals surface area contributed by atoms with Crippen molar-refractivity contribution in [1.82, 2.24) is 15.0 Å². The largest absolute Gasteiger partial charge is 0.465 e. The van der Waals surface area contributed by atoms with Crippen molar-refractivity contribution >= 4 is 40.7 Å². The Morgan fingerprint density at radius 2 is 2.11 bits per heavy atom. The molecule has 18 heavy (non-hydrogen) atoms. The first-order valence-electron chi connectivity index (χ1n) is 4.81. The summed E-state index contributed by atoms with van der Waals surface area (Å²) in [5, 5.41) is 0.698. The summed E-state index contributed by atoms with van der Waals surface area (Å²) < 4.78 is 5.20. The first-order valence-corrected chi connectivity index (χ1v) is 6.82. The molecule has 2 rings (SSSR count). The van der Waals surface area contributed by atoms with Crippen molar-refractivity contribution < 1.29 is 9.53 Å². The second kappa shape index (κ2) is 5.64. The van der Waals surface area contributed by atoms with Crippen LogP contribution in [0, 0.1) is 6.92 Å². The molecular formula is C10H8ClN3O2S2. The zero-order valence-corrected chi connectivity index (χ0v) is 11.9. The van der Waals surface area contributed by atoms with E-state index >= 15 is 0 Å². The van der Waals surface area contributed by atoms with Gasteiger partial charge in [-0.25, -0.2) is 19.7 Å². The number of carbonyl (C=O) groups is 1. The van der Waals surface area contributed by atoms with Gasteiger partial charge >= 0.3 is 5.97 Å². The lowest BCUT2D eigenvalue weighted by Crippen LogP contribution is -1.98. The molecule has 0 N–H and O–H groups in total. The number of esters is 1. The first kappa shape index (κ1) is 13.3. The van der Waals surface area contributed by atoms with Crippen LogP contribution < -0.4 is 0 Å². The summed E-state index contributed by atoms with van der Waals surface area (Å²) in [5.41, 5.74) is 0.978. The number of aromatic nitrogens is 3. The van der Waals surface area contributed by atoms with Gasteiger partial charge in [0.15, 0.2) is 19.5 Å². The molecule has 0 fully saturated rings. The van der Waals surface area contributed by atoms with Gasteiger partial charge in [0.1, 0.15) is 0 Å². The average molecular weight is 302 g/mol. The summed E-state index contributed by atoms with van der Waals surface area (Å²) in [6, 6.07) is 0. The highest BCUT2D eigenvalue weighted by Gasteiger charge is 2.18. The third-order valence-electron chi connectivity index (χ3n) is 1.87. The number of thiazole rings is 1. The van der Waals surface area contributed by atoms with E-state index in [0.29, 0.717) is 9.50 Å². The summed E-state index contributed by atoms with van der Waals surface area (Å²) in [7, 11) is 1.30. The molecule has 8 heteroatoms.